The monoisotopic (exact) mass is 250 g/mol. The third-order valence-electron chi connectivity index (χ3n) is 0. The molecule has 0 saturated carbocycles. The van der Waals surface area contributed by atoms with Gasteiger partial charge in [-0.15, -0.1) is 0 Å². The van der Waals surface area contributed by atoms with Crippen LogP contribution in [0.1, 0.15) is 0 Å². The molecular formula is H11KO9Si2. The van der Waals surface area contributed by atoms with E-state index in [0.717, 1.165) is 0 Å². The Morgan fingerprint density at radius 1 is 0.500 bits per heavy atom. The molecule has 0 aromatic carbocycles. The van der Waals surface area contributed by atoms with E-state index < -0.39 is 18.1 Å². The van der Waals surface area contributed by atoms with Crippen molar-refractivity contribution < 1.29 is 43.8 Å². The van der Waals surface area contributed by atoms with Crippen LogP contribution >= 0.6 is 0 Å². The summed E-state index contributed by atoms with van der Waals surface area (Å²) < 4.78 is 0. The molecule has 0 heterocycles. The van der Waals surface area contributed by atoms with Crippen LogP contribution in [0.15, 0.2) is 0 Å². The normalized spacial score (nSPS) is 10.0. The molecule has 0 aliphatic rings. The fraction of sp³-hybridized carbons (Fsp3) is 0. The Bertz CT molecular complexity index is 55.5. The molecule has 0 bridgehead atoms. The summed E-state index contributed by atoms with van der Waals surface area (Å²) in [5.41, 5.74) is 0. The van der Waals surface area contributed by atoms with Gasteiger partial charge in [0, 0.05) is 0 Å². The molecule has 12 heavy (non-hydrogen) atoms. The topological polar surface area (TPSA) is 193 Å². The average molecular weight is 250 g/mol. The van der Waals surface area contributed by atoms with E-state index in [4.69, 9.17) is 38.4 Å². The van der Waals surface area contributed by atoms with E-state index in [1.807, 2.05) is 0 Å². The van der Waals surface area contributed by atoms with E-state index in [1.54, 1.807) is 0 Å². The van der Waals surface area contributed by atoms with Gasteiger partial charge in [-0.3, -0.25) is 0 Å². The maximum atomic E-state index is 7.33. The van der Waals surface area contributed by atoms with Crippen LogP contribution in [-0.2, 0) is 0 Å². The summed E-state index contributed by atoms with van der Waals surface area (Å²) in [6.45, 7) is 0. The molecule has 0 amide bonds. The molecule has 0 rings (SSSR count). The predicted octanol–water partition coefficient (Wildman–Crippen LogP) is -6.69. The van der Waals surface area contributed by atoms with Crippen LogP contribution in [-0.4, -0.2) is 113 Å². The molecule has 0 atom stereocenters. The Labute approximate surface area is 112 Å². The molecule has 0 radical (unpaired) electrons. The van der Waals surface area contributed by atoms with Crippen LogP contribution in [0, 0.1) is 0 Å². The van der Waals surface area contributed by atoms with Crippen molar-refractivity contribution in [1.82, 2.24) is 0 Å². The van der Waals surface area contributed by atoms with E-state index in [2.05, 4.69) is 0 Å². The Morgan fingerprint density at radius 2 is 0.500 bits per heavy atom. The Balaban J connectivity index is -0.0000000457. The molecule has 0 aliphatic heterocycles. The number of rotatable bonds is 0. The van der Waals surface area contributed by atoms with Crippen molar-refractivity contribution in [3.05, 3.63) is 0 Å². The third kappa shape index (κ3) is 459. The maximum absolute atomic E-state index is 7.33. The van der Waals surface area contributed by atoms with Crippen LogP contribution in [0.25, 0.3) is 0 Å². The van der Waals surface area contributed by atoms with Gasteiger partial charge in [0.15, 0.2) is 0 Å². The molecule has 10 N–H and O–H groups in total. The summed E-state index contributed by atoms with van der Waals surface area (Å²) in [6, 6.07) is 0. The second-order valence-corrected chi connectivity index (χ2v) is 3.60. The molecular weight excluding hydrogens is 239 g/mol. The molecule has 12 heteroatoms. The fourth-order valence-electron chi connectivity index (χ4n) is 0. The molecule has 0 fully saturated rings. The second-order valence-electron chi connectivity index (χ2n) is 1.20. The second kappa shape index (κ2) is 9.27. The zero-order valence-corrected chi connectivity index (χ0v) is 7.08. The van der Waals surface area contributed by atoms with Gasteiger partial charge in [-0.05, 0) is 0 Å². The van der Waals surface area contributed by atoms with Crippen LogP contribution in [0.3, 0.4) is 0 Å². The molecule has 0 aromatic rings. The minimum absolute atomic E-state index is 0. The van der Waals surface area contributed by atoms with Crippen LogP contribution in [0.2, 0.25) is 0 Å². The first kappa shape index (κ1) is 23.5. The van der Waals surface area contributed by atoms with E-state index in [0.29, 0.717) is 0 Å². The van der Waals surface area contributed by atoms with Gasteiger partial charge in [-0.25, -0.2) is 0 Å². The Hall–Kier alpha value is 1.71. The van der Waals surface area contributed by atoms with Gasteiger partial charge in [0.25, 0.3) is 0 Å². The predicted molar refractivity (Wildman–Crippen MR) is 40.0 cm³/mol. The van der Waals surface area contributed by atoms with Crippen molar-refractivity contribution in [2.24, 2.45) is 0 Å². The number of hydrogen-bond acceptors (Lipinski definition) is 8. The average Bonchev–Trinajstić information content (AvgIpc) is 1.12. The molecule has 0 aromatic heterocycles. The van der Waals surface area contributed by atoms with Gasteiger partial charge in [-0.1, -0.05) is 0 Å². The van der Waals surface area contributed by atoms with Gasteiger partial charge in [-0.2, -0.15) is 0 Å². The Morgan fingerprint density at radius 3 is 0.500 bits per heavy atom. The van der Waals surface area contributed by atoms with E-state index >= 15 is 0 Å². The standard InChI is InChI=1S/K.2H4O4Si.H2O.H/c;2*1-5(2,3)4;;/h;2*1-4H;1H2;. The van der Waals surface area contributed by atoms with Gasteiger partial charge in [0.2, 0.25) is 0 Å². The zero-order chi connectivity index (χ0) is 9.00. The third-order valence-corrected chi connectivity index (χ3v) is 0. The summed E-state index contributed by atoms with van der Waals surface area (Å²) >= 11 is 0. The van der Waals surface area contributed by atoms with Gasteiger partial charge >= 0.3 is 69.5 Å². The summed E-state index contributed by atoms with van der Waals surface area (Å²) in [5.74, 6) is 0. The SMILES string of the molecule is O.O[Si](O)(O)O.O[Si](O)(O)O.[KH]. The van der Waals surface area contributed by atoms with E-state index in [1.165, 1.54) is 0 Å². The van der Waals surface area contributed by atoms with Crippen LogP contribution in [0.4, 0.5) is 0 Å². The van der Waals surface area contributed by atoms with Crippen molar-refractivity contribution in [3.63, 3.8) is 0 Å². The van der Waals surface area contributed by atoms with Gasteiger partial charge in [0.05, 0.1) is 0 Å². The summed E-state index contributed by atoms with van der Waals surface area (Å²) in [5, 5.41) is 0. The molecule has 0 aliphatic carbocycles. The fourth-order valence-corrected chi connectivity index (χ4v) is 0. The van der Waals surface area contributed by atoms with Crippen molar-refractivity contribution >= 4 is 69.5 Å². The molecule has 0 spiro atoms. The van der Waals surface area contributed by atoms with Gasteiger partial charge < -0.3 is 43.8 Å². The first-order chi connectivity index (χ1) is 4.00. The van der Waals surface area contributed by atoms with Crippen molar-refractivity contribution in [3.8, 4) is 0 Å². The Kier molecular flexibility index (Phi) is 18.2. The zero-order valence-electron chi connectivity index (χ0n) is 5.08. The summed E-state index contributed by atoms with van der Waals surface area (Å²) in [7, 11) is -9.22. The number of hydrogen-bond donors (Lipinski definition) is 8. The molecule has 0 unspecified atom stereocenters. The molecule has 9 nitrogen and oxygen atoms in total. The summed E-state index contributed by atoms with van der Waals surface area (Å²) in [6.07, 6.45) is 0. The van der Waals surface area contributed by atoms with Gasteiger partial charge in [0.1, 0.15) is 0 Å². The van der Waals surface area contributed by atoms with Crippen LogP contribution in [0.5, 0.6) is 0 Å². The van der Waals surface area contributed by atoms with E-state index in [-0.39, 0.29) is 56.9 Å². The van der Waals surface area contributed by atoms with Crippen molar-refractivity contribution in [1.29, 1.82) is 0 Å². The van der Waals surface area contributed by atoms with Crippen LogP contribution < -0.4 is 0 Å². The van der Waals surface area contributed by atoms with Crippen molar-refractivity contribution in [2.75, 3.05) is 0 Å². The van der Waals surface area contributed by atoms with Crippen molar-refractivity contribution in [2.45, 2.75) is 0 Å². The minimum atomic E-state index is -4.61. The first-order valence-corrected chi connectivity index (χ1v) is 5.37. The quantitative estimate of drug-likeness (QED) is 0.194. The molecule has 74 valence electrons. The first-order valence-electron chi connectivity index (χ1n) is 1.79. The molecule has 0 saturated heterocycles. The van der Waals surface area contributed by atoms with E-state index in [9.17, 15) is 0 Å². The summed E-state index contributed by atoms with van der Waals surface area (Å²) in [4.78, 5) is 58.6.